The van der Waals surface area contributed by atoms with Crippen molar-refractivity contribution < 1.29 is 8.84 Å². The Bertz CT molecular complexity index is 697. The molecule has 0 amide bonds. The first-order valence-corrected chi connectivity index (χ1v) is 10.3. The molecule has 1 aromatic heterocycles. The van der Waals surface area contributed by atoms with Crippen LogP contribution >= 0.6 is 11.6 Å². The van der Waals surface area contributed by atoms with Crippen LogP contribution in [0.1, 0.15) is 47.1 Å². The molecule has 2 aromatic rings. The van der Waals surface area contributed by atoms with Crippen molar-refractivity contribution in [3.8, 4) is 6.01 Å². The Balaban J connectivity index is 2.19. The summed E-state index contributed by atoms with van der Waals surface area (Å²) in [7, 11) is -3.24. The Labute approximate surface area is 154 Å². The van der Waals surface area contributed by atoms with Crippen molar-refractivity contribution in [3.63, 3.8) is 0 Å². The zero-order valence-corrected chi connectivity index (χ0v) is 17.2. The summed E-state index contributed by atoms with van der Waals surface area (Å²) in [6.45, 7) is 12.2. The molecule has 0 aliphatic heterocycles. The second-order valence-corrected chi connectivity index (χ2v) is 13.3. The van der Waals surface area contributed by atoms with Crippen molar-refractivity contribution in [2.45, 2.75) is 58.2 Å². The number of hydrogen-bond acceptors (Lipinski definition) is 5. The molecule has 0 aliphatic carbocycles. The molecule has 8 heteroatoms. The summed E-state index contributed by atoms with van der Waals surface area (Å²) in [5, 5.41) is 14.4. The van der Waals surface area contributed by atoms with E-state index >= 15 is 4.11 Å². The van der Waals surface area contributed by atoms with E-state index < -0.39 is 18.5 Å². The third kappa shape index (κ3) is 4.15. The Hall–Kier alpha value is -1.60. The van der Waals surface area contributed by atoms with Gasteiger partial charge in [0.1, 0.15) is 6.61 Å². The molecule has 2 rings (SSSR count). The van der Waals surface area contributed by atoms with Gasteiger partial charge in [-0.2, -0.15) is 0 Å². The van der Waals surface area contributed by atoms with Crippen LogP contribution in [0.4, 0.5) is 4.11 Å². The van der Waals surface area contributed by atoms with Crippen molar-refractivity contribution in [2.24, 2.45) is 0 Å². The lowest BCUT2D eigenvalue weighted by Crippen LogP contribution is -2.57. The summed E-state index contributed by atoms with van der Waals surface area (Å²) in [5.41, 5.74) is 0.890. The lowest BCUT2D eigenvalue weighted by Gasteiger charge is -2.44. The predicted molar refractivity (Wildman–Crippen MR) is 99.3 cm³/mol. The Morgan fingerprint density at radius 3 is 1.84 bits per heavy atom. The van der Waals surface area contributed by atoms with Crippen LogP contribution < -0.4 is 9.92 Å². The number of halogens is 2. The second-order valence-electron chi connectivity index (χ2n) is 8.10. The predicted octanol–water partition coefficient (Wildman–Crippen LogP) is 4.22. The quantitative estimate of drug-likeness (QED) is 0.586. The van der Waals surface area contributed by atoms with Gasteiger partial charge >= 0.3 is 6.01 Å². The summed E-state index contributed by atoms with van der Waals surface area (Å²) >= 11 is 5.53. The minimum Gasteiger partial charge on any atom is -0.456 e. The largest absolute Gasteiger partial charge is 0.456 e. The van der Waals surface area contributed by atoms with Gasteiger partial charge in [-0.05, 0) is 32.4 Å². The highest BCUT2D eigenvalue weighted by Crippen LogP contribution is 2.51. The van der Waals surface area contributed by atoms with Gasteiger partial charge in [0.15, 0.2) is 0 Å². The highest BCUT2D eigenvalue weighted by Gasteiger charge is 2.56. The van der Waals surface area contributed by atoms with Gasteiger partial charge in [0.2, 0.25) is 0 Å². The fourth-order valence-electron chi connectivity index (χ4n) is 3.24. The zero-order chi connectivity index (χ0) is 18.9. The average Bonchev–Trinajstić information content (AvgIpc) is 2.52. The van der Waals surface area contributed by atoms with E-state index in [0.29, 0.717) is 0 Å². The normalized spacial score (nSPS) is 13.0. The smallest absolute Gasteiger partial charge is 0.355 e. The monoisotopic (exact) mass is 381 g/mol. The lowest BCUT2D eigenvalue weighted by molar-refractivity contribution is 0.272. The first-order valence-electron chi connectivity index (χ1n) is 8.09. The molecule has 0 N–H and O–H groups in total. The number of aromatic nitrogens is 4. The number of rotatable bonds is 4. The van der Waals surface area contributed by atoms with Crippen LogP contribution in [-0.4, -0.2) is 28.8 Å². The molecule has 5 nitrogen and oxygen atoms in total. The molecule has 1 heterocycles. The number of benzene rings is 1. The van der Waals surface area contributed by atoms with Gasteiger partial charge in [0.05, 0.1) is 0 Å². The Kier molecular flexibility index (Phi) is 5.49. The van der Waals surface area contributed by atoms with Crippen LogP contribution in [0, 0.1) is 0 Å². The van der Waals surface area contributed by atoms with Gasteiger partial charge in [-0.15, -0.1) is 10.2 Å². The number of nitrogens with zero attached hydrogens (tertiary/aromatic N) is 4. The molecular weight excluding hydrogens is 358 g/mol. The van der Waals surface area contributed by atoms with Gasteiger partial charge in [-0.3, -0.25) is 0 Å². The maximum atomic E-state index is 16.2. The summed E-state index contributed by atoms with van der Waals surface area (Å²) < 4.78 is 21.6. The molecule has 25 heavy (non-hydrogen) atoms. The lowest BCUT2D eigenvalue weighted by atomic mass is 10.2. The molecule has 0 radical (unpaired) electrons. The molecule has 0 unspecified atom stereocenters. The van der Waals surface area contributed by atoms with Crippen LogP contribution in [0.2, 0.25) is 15.4 Å². The molecule has 0 bridgehead atoms. The SMILES string of the molecule is CC(C)(C)[Si]([18F])(c1ccc(COc2nnc(Cl)nn2)cc1)C(C)(C)C. The molecule has 0 saturated carbocycles. The van der Waals surface area contributed by atoms with Gasteiger partial charge < -0.3 is 8.84 Å². The van der Waals surface area contributed by atoms with Crippen LogP contribution in [0.3, 0.4) is 0 Å². The number of hydrogen-bond donors (Lipinski definition) is 0. The van der Waals surface area contributed by atoms with Crippen molar-refractivity contribution in [1.82, 2.24) is 20.4 Å². The maximum absolute atomic E-state index is 16.2. The molecule has 0 aliphatic rings. The zero-order valence-electron chi connectivity index (χ0n) is 15.5. The van der Waals surface area contributed by atoms with E-state index in [-0.39, 0.29) is 17.9 Å². The van der Waals surface area contributed by atoms with Gasteiger partial charge in [0.25, 0.3) is 13.7 Å². The van der Waals surface area contributed by atoms with Crippen molar-refractivity contribution in [3.05, 3.63) is 35.1 Å². The fraction of sp³-hybridized carbons (Fsp3) is 0.529. The molecule has 0 atom stereocenters. The Morgan fingerprint density at radius 2 is 1.40 bits per heavy atom. The third-order valence-electron chi connectivity index (χ3n) is 4.22. The third-order valence-corrected chi connectivity index (χ3v) is 9.64. The first kappa shape index (κ1) is 19.7. The van der Waals surface area contributed by atoms with Crippen LogP contribution in [0.5, 0.6) is 6.01 Å². The van der Waals surface area contributed by atoms with Crippen LogP contribution in [0.15, 0.2) is 24.3 Å². The van der Waals surface area contributed by atoms with Crippen molar-refractivity contribution >= 4 is 25.2 Å². The van der Waals surface area contributed by atoms with E-state index in [2.05, 4.69) is 20.4 Å². The maximum Gasteiger partial charge on any atom is 0.355 e. The van der Waals surface area contributed by atoms with Crippen molar-refractivity contribution in [2.75, 3.05) is 0 Å². The van der Waals surface area contributed by atoms with E-state index in [9.17, 15) is 0 Å². The molecular formula is C17H24ClFN4OSi. The Morgan fingerprint density at radius 1 is 0.920 bits per heavy atom. The minimum atomic E-state index is -3.24. The van der Waals surface area contributed by atoms with Gasteiger partial charge in [0, 0.05) is 0 Å². The summed E-state index contributed by atoms with van der Waals surface area (Å²) in [6.07, 6.45) is 0. The summed E-state index contributed by atoms with van der Waals surface area (Å²) in [5.74, 6) is 0. The summed E-state index contributed by atoms with van der Waals surface area (Å²) in [6, 6.07) is 7.56. The second kappa shape index (κ2) is 6.95. The topological polar surface area (TPSA) is 60.8 Å². The number of ether oxygens (including phenoxy) is 1. The van der Waals surface area contributed by atoms with Crippen LogP contribution in [0.25, 0.3) is 0 Å². The highest BCUT2D eigenvalue weighted by molar-refractivity contribution is 6.90. The standard InChI is InChI=1S/C17H24ClFN4OSi/c1-16(2,3)25(19,17(4,5)6)13-9-7-12(8-10-13)11-24-15-22-20-14(18)21-23-15/h7-10H,11H2,1-6H3/i19-1. The molecule has 1 aromatic carbocycles. The highest BCUT2D eigenvalue weighted by atomic mass is 35.5. The molecule has 0 spiro atoms. The van der Waals surface area contributed by atoms with E-state index in [1.54, 1.807) is 0 Å². The van der Waals surface area contributed by atoms with Crippen LogP contribution in [-0.2, 0) is 6.61 Å². The molecule has 0 fully saturated rings. The minimum absolute atomic E-state index is 0.0368. The fourth-order valence-corrected chi connectivity index (χ4v) is 7.92. The molecule has 0 saturated heterocycles. The summed E-state index contributed by atoms with van der Waals surface area (Å²) in [4.78, 5) is 0. The first-order chi connectivity index (χ1) is 11.4. The van der Waals surface area contributed by atoms with E-state index in [0.717, 1.165) is 10.8 Å². The molecule has 136 valence electrons. The van der Waals surface area contributed by atoms with E-state index in [1.807, 2.05) is 65.8 Å². The van der Waals surface area contributed by atoms with E-state index in [1.165, 1.54) is 0 Å². The van der Waals surface area contributed by atoms with Gasteiger partial charge in [-0.1, -0.05) is 76.0 Å². The van der Waals surface area contributed by atoms with E-state index in [4.69, 9.17) is 16.3 Å². The van der Waals surface area contributed by atoms with Gasteiger partial charge in [-0.25, -0.2) is 0 Å². The van der Waals surface area contributed by atoms with Crippen molar-refractivity contribution in [1.29, 1.82) is 0 Å². The average molecular weight is 382 g/mol.